The number of nitrogens with zero attached hydrogens (tertiary/aromatic N) is 3. The third-order valence-corrected chi connectivity index (χ3v) is 5.10. The van der Waals surface area contributed by atoms with Gasteiger partial charge in [0.1, 0.15) is 12.4 Å². The fourth-order valence-electron chi connectivity index (χ4n) is 2.78. The van der Waals surface area contributed by atoms with Gasteiger partial charge in [0, 0.05) is 22.9 Å². The van der Waals surface area contributed by atoms with Crippen molar-refractivity contribution in [1.82, 2.24) is 4.47 Å². The lowest BCUT2D eigenvalue weighted by Gasteiger charge is -2.31. The van der Waals surface area contributed by atoms with Gasteiger partial charge in [-0.15, -0.1) is 4.47 Å². The Morgan fingerprint density at radius 1 is 1.48 bits per heavy atom. The fraction of sp³-hybridized carbons (Fsp3) is 0.286. The van der Waals surface area contributed by atoms with Crippen LogP contribution in [-0.4, -0.2) is 33.6 Å². The van der Waals surface area contributed by atoms with E-state index in [2.05, 4.69) is 4.99 Å². The SMILES string of the molecule is CC1(C(N)=O)c2c(cc(O)c(N3C=CC=NC3)c2C(F)(F)F)SN1O. The van der Waals surface area contributed by atoms with Crippen LogP contribution in [0, 0.1) is 0 Å². The number of allylic oxidation sites excluding steroid dienone is 1. The van der Waals surface area contributed by atoms with Crippen molar-refractivity contribution in [3.63, 3.8) is 0 Å². The molecular weight excluding hydrogens is 361 g/mol. The Morgan fingerprint density at radius 2 is 2.16 bits per heavy atom. The van der Waals surface area contributed by atoms with E-state index in [0.29, 0.717) is 16.4 Å². The second kappa shape index (κ2) is 5.64. The summed E-state index contributed by atoms with van der Waals surface area (Å²) in [6, 6.07) is 1.06. The van der Waals surface area contributed by atoms with Gasteiger partial charge in [-0.3, -0.25) is 9.79 Å². The van der Waals surface area contributed by atoms with Crippen molar-refractivity contribution in [2.75, 3.05) is 11.6 Å². The zero-order chi connectivity index (χ0) is 18.6. The third-order valence-electron chi connectivity index (χ3n) is 4.04. The standard InChI is InChI=1S/C14H13F3N4O3S/c1-13(12(18)23)9-8(25-21(13)24)5-7(22)11(10(9)14(15,16)17)20-4-2-3-19-6-20/h2-5,22,24H,6H2,1H3,(H2,18,23). The highest BCUT2D eigenvalue weighted by atomic mass is 32.2. The summed E-state index contributed by atoms with van der Waals surface area (Å²) in [4.78, 5) is 16.7. The number of phenols is 1. The second-order valence-corrected chi connectivity index (χ2v) is 6.54. The van der Waals surface area contributed by atoms with Crippen LogP contribution in [0.2, 0.25) is 0 Å². The van der Waals surface area contributed by atoms with E-state index in [0.717, 1.165) is 17.9 Å². The molecule has 0 bridgehead atoms. The number of fused-ring (bicyclic) bond motifs is 1. The summed E-state index contributed by atoms with van der Waals surface area (Å²) in [6.45, 7) is 0.948. The normalized spacial score (nSPS) is 23.2. The maximum Gasteiger partial charge on any atom is 0.418 e. The molecule has 0 fully saturated rings. The highest BCUT2D eigenvalue weighted by Gasteiger charge is 2.54. The molecule has 1 aromatic carbocycles. The third kappa shape index (κ3) is 2.55. The van der Waals surface area contributed by atoms with Gasteiger partial charge in [-0.2, -0.15) is 13.2 Å². The number of hydrogen-bond acceptors (Lipinski definition) is 7. The molecule has 1 amide bonds. The number of rotatable bonds is 2. The van der Waals surface area contributed by atoms with E-state index >= 15 is 0 Å². The first-order chi connectivity index (χ1) is 11.6. The molecule has 1 unspecified atom stereocenters. The molecule has 0 saturated heterocycles. The number of benzene rings is 1. The molecule has 11 heteroatoms. The Bertz CT molecular complexity index is 811. The molecule has 25 heavy (non-hydrogen) atoms. The van der Waals surface area contributed by atoms with Gasteiger partial charge in [0.25, 0.3) is 0 Å². The van der Waals surface area contributed by atoms with E-state index in [1.807, 2.05) is 0 Å². The quantitative estimate of drug-likeness (QED) is 0.686. The van der Waals surface area contributed by atoms with Crippen molar-refractivity contribution in [1.29, 1.82) is 0 Å². The average Bonchev–Trinajstić information content (AvgIpc) is 2.77. The molecule has 3 rings (SSSR count). The lowest BCUT2D eigenvalue weighted by atomic mass is 9.86. The van der Waals surface area contributed by atoms with Crippen molar-refractivity contribution >= 4 is 29.8 Å². The summed E-state index contributed by atoms with van der Waals surface area (Å²) < 4.78 is 42.1. The van der Waals surface area contributed by atoms with Gasteiger partial charge >= 0.3 is 6.18 Å². The molecular formula is C14H13F3N4O3S. The first-order valence-electron chi connectivity index (χ1n) is 6.96. The number of primary amides is 1. The van der Waals surface area contributed by atoms with Gasteiger partial charge in [0.15, 0.2) is 5.54 Å². The molecule has 1 atom stereocenters. The van der Waals surface area contributed by atoms with Crippen molar-refractivity contribution in [3.8, 4) is 5.75 Å². The number of aliphatic imine (C=N–C) groups is 1. The van der Waals surface area contributed by atoms with E-state index in [4.69, 9.17) is 5.73 Å². The lowest BCUT2D eigenvalue weighted by Crippen LogP contribution is -2.47. The molecule has 0 aliphatic carbocycles. The molecule has 4 N–H and O–H groups in total. The summed E-state index contributed by atoms with van der Waals surface area (Å²) >= 11 is 0.488. The molecule has 2 aliphatic heterocycles. The Labute approximate surface area is 144 Å². The van der Waals surface area contributed by atoms with Crippen LogP contribution in [0.1, 0.15) is 18.1 Å². The number of carbonyl (C=O) groups excluding carboxylic acids is 1. The number of alkyl halides is 3. The molecule has 0 radical (unpaired) electrons. The van der Waals surface area contributed by atoms with E-state index in [9.17, 15) is 28.3 Å². The van der Waals surface area contributed by atoms with E-state index in [1.54, 1.807) is 0 Å². The van der Waals surface area contributed by atoms with Crippen LogP contribution < -0.4 is 10.6 Å². The number of halogens is 3. The van der Waals surface area contributed by atoms with Gasteiger partial charge in [0.2, 0.25) is 5.91 Å². The molecule has 0 spiro atoms. The number of amides is 1. The van der Waals surface area contributed by atoms with Gasteiger partial charge in [-0.05, 0) is 31.0 Å². The number of phenolic OH excluding ortho intramolecular Hbond substituents is 1. The van der Waals surface area contributed by atoms with Crippen LogP contribution in [0.3, 0.4) is 0 Å². The van der Waals surface area contributed by atoms with E-state index < -0.39 is 40.2 Å². The van der Waals surface area contributed by atoms with E-state index in [1.165, 1.54) is 18.5 Å². The fourth-order valence-corrected chi connectivity index (χ4v) is 3.89. The zero-order valence-corrected chi connectivity index (χ0v) is 13.6. The van der Waals surface area contributed by atoms with Crippen molar-refractivity contribution in [2.45, 2.75) is 23.5 Å². The Hall–Kier alpha value is -2.24. The van der Waals surface area contributed by atoms with Gasteiger partial charge in [-0.1, -0.05) is 0 Å². The minimum atomic E-state index is -4.92. The zero-order valence-electron chi connectivity index (χ0n) is 12.8. The number of anilines is 1. The Morgan fingerprint density at radius 3 is 2.68 bits per heavy atom. The van der Waals surface area contributed by atoms with Crippen LogP contribution in [0.15, 0.2) is 28.2 Å². The monoisotopic (exact) mass is 374 g/mol. The van der Waals surface area contributed by atoms with Gasteiger partial charge in [-0.25, -0.2) is 0 Å². The molecule has 1 aromatic rings. The van der Waals surface area contributed by atoms with Crippen molar-refractivity contribution < 1.29 is 28.3 Å². The molecule has 0 aromatic heterocycles. The maximum absolute atomic E-state index is 13.9. The van der Waals surface area contributed by atoms with Crippen LogP contribution in [0.4, 0.5) is 18.9 Å². The first-order valence-corrected chi connectivity index (χ1v) is 7.73. The van der Waals surface area contributed by atoms with Gasteiger partial charge in [0.05, 0.1) is 11.3 Å². The summed E-state index contributed by atoms with van der Waals surface area (Å²) in [5, 5.41) is 20.2. The van der Waals surface area contributed by atoms with Gasteiger partial charge < -0.3 is 20.9 Å². The largest absolute Gasteiger partial charge is 0.506 e. The average molecular weight is 374 g/mol. The summed E-state index contributed by atoms with van der Waals surface area (Å²) in [6.07, 6.45) is -0.774. The minimum Gasteiger partial charge on any atom is -0.506 e. The van der Waals surface area contributed by atoms with Crippen LogP contribution in [0.5, 0.6) is 5.75 Å². The molecule has 7 nitrogen and oxygen atoms in total. The number of carbonyl (C=O) groups is 1. The number of nitrogens with two attached hydrogens (primary N) is 1. The number of aromatic hydroxyl groups is 1. The first kappa shape index (κ1) is 17.6. The predicted octanol–water partition coefficient (Wildman–Crippen LogP) is 2.19. The summed E-state index contributed by atoms with van der Waals surface area (Å²) in [7, 11) is 0. The molecule has 0 saturated carbocycles. The van der Waals surface area contributed by atoms with Crippen LogP contribution in [0.25, 0.3) is 0 Å². The summed E-state index contributed by atoms with van der Waals surface area (Å²) in [5.41, 5.74) is 0.868. The molecule has 2 aliphatic rings. The lowest BCUT2D eigenvalue weighted by molar-refractivity contribution is -0.148. The smallest absolute Gasteiger partial charge is 0.418 e. The van der Waals surface area contributed by atoms with Crippen LogP contribution in [-0.2, 0) is 16.5 Å². The van der Waals surface area contributed by atoms with E-state index in [-0.39, 0.29) is 11.6 Å². The Kier molecular flexibility index (Phi) is 3.97. The number of hydrogen-bond donors (Lipinski definition) is 3. The predicted molar refractivity (Wildman–Crippen MR) is 84.1 cm³/mol. The molecule has 2 heterocycles. The topological polar surface area (TPSA) is 102 Å². The molecule has 134 valence electrons. The Balaban J connectivity index is 2.37. The highest BCUT2D eigenvalue weighted by Crippen LogP contribution is 2.56. The summed E-state index contributed by atoms with van der Waals surface area (Å²) in [5.74, 6) is -1.81. The van der Waals surface area contributed by atoms with Crippen molar-refractivity contribution in [2.24, 2.45) is 10.7 Å². The van der Waals surface area contributed by atoms with Crippen molar-refractivity contribution in [3.05, 3.63) is 29.5 Å². The highest BCUT2D eigenvalue weighted by molar-refractivity contribution is 7.97. The minimum absolute atomic E-state index is 0.109. The van der Waals surface area contributed by atoms with Crippen LogP contribution >= 0.6 is 11.9 Å². The maximum atomic E-state index is 13.9. The number of hydroxylamine groups is 1. The second-order valence-electron chi connectivity index (χ2n) is 5.58.